The van der Waals surface area contributed by atoms with Gasteiger partial charge in [-0.05, 0) is 53.0 Å². The molecule has 1 saturated carbocycles. The molecule has 4 rings (SSSR count). The van der Waals surface area contributed by atoms with Crippen LogP contribution in [0.15, 0.2) is 59.7 Å². The number of carbonyl (C=O) groups is 2. The van der Waals surface area contributed by atoms with Crippen molar-refractivity contribution in [2.75, 3.05) is 5.32 Å². The van der Waals surface area contributed by atoms with Gasteiger partial charge in [0.25, 0.3) is 5.91 Å². The summed E-state index contributed by atoms with van der Waals surface area (Å²) in [7, 11) is 0. The van der Waals surface area contributed by atoms with Crippen LogP contribution in [0.5, 0.6) is 0 Å². The van der Waals surface area contributed by atoms with Crippen molar-refractivity contribution in [1.29, 1.82) is 0 Å². The van der Waals surface area contributed by atoms with E-state index in [2.05, 4.69) is 46.8 Å². The van der Waals surface area contributed by atoms with Crippen LogP contribution in [0.1, 0.15) is 28.9 Å². The first kappa shape index (κ1) is 20.9. The lowest BCUT2D eigenvalue weighted by Crippen LogP contribution is -2.48. The summed E-state index contributed by atoms with van der Waals surface area (Å²) in [5, 5.41) is 8.55. The molecule has 1 aromatic carbocycles. The minimum atomic E-state index is -0.911. The Kier molecular flexibility index (Phi) is 5.90. The zero-order valence-corrected chi connectivity index (χ0v) is 17.8. The molecule has 3 aromatic rings. The highest BCUT2D eigenvalue weighted by Crippen LogP contribution is 2.36. The second-order valence-corrected chi connectivity index (χ2v) is 7.96. The van der Waals surface area contributed by atoms with Crippen LogP contribution in [0.3, 0.4) is 0 Å². The van der Waals surface area contributed by atoms with Crippen molar-refractivity contribution in [1.82, 2.24) is 25.6 Å². The zero-order valence-electron chi connectivity index (χ0n) is 16.2. The van der Waals surface area contributed by atoms with E-state index in [0.29, 0.717) is 39.9 Å². The predicted octanol–water partition coefficient (Wildman–Crippen LogP) is 3.10. The zero-order chi connectivity index (χ0) is 21.8. The van der Waals surface area contributed by atoms with Gasteiger partial charge >= 0.3 is 0 Å². The monoisotopic (exact) mass is 484 g/mol. The Hall–Kier alpha value is -3.40. The molecule has 0 spiro atoms. The second kappa shape index (κ2) is 8.76. The largest absolute Gasteiger partial charge is 0.351 e. The molecule has 2 aromatic heterocycles. The summed E-state index contributed by atoms with van der Waals surface area (Å²) in [6.07, 6.45) is 6.81. The minimum Gasteiger partial charge on any atom is -0.351 e. The summed E-state index contributed by atoms with van der Waals surface area (Å²) in [4.78, 5) is 36.8. The molecule has 158 valence electrons. The van der Waals surface area contributed by atoms with Gasteiger partial charge in [-0.25, -0.2) is 14.4 Å². The Morgan fingerprint density at radius 3 is 2.52 bits per heavy atom. The lowest BCUT2D eigenvalue weighted by molar-refractivity contribution is -0.124. The van der Waals surface area contributed by atoms with Gasteiger partial charge in [0.15, 0.2) is 0 Å². The molecule has 1 fully saturated rings. The number of carbonyl (C=O) groups excluding carboxylic acids is 2. The molecule has 10 heteroatoms. The first-order valence-corrected chi connectivity index (χ1v) is 10.3. The fourth-order valence-corrected chi connectivity index (χ4v) is 3.39. The summed E-state index contributed by atoms with van der Waals surface area (Å²) < 4.78 is 14.5. The standard InChI is InChI=1S/C21H18BrFN6O2/c22-16-2-1-3-17(23)18(16)28-15-5-4-14(26-11-15)10-27-20(31)21(6-7-21)29-19(30)13-8-24-12-25-9-13/h1-5,8-9,11-12,28H,6-7,10H2,(H,27,31)(H,29,30). The third kappa shape index (κ3) is 4.85. The maximum Gasteiger partial charge on any atom is 0.255 e. The van der Waals surface area contributed by atoms with Gasteiger partial charge in [-0.2, -0.15) is 0 Å². The van der Waals surface area contributed by atoms with Crippen LogP contribution in [0.25, 0.3) is 0 Å². The topological polar surface area (TPSA) is 109 Å². The normalized spacial score (nSPS) is 13.9. The van der Waals surface area contributed by atoms with Crippen molar-refractivity contribution in [2.24, 2.45) is 0 Å². The molecule has 0 aliphatic heterocycles. The maximum absolute atomic E-state index is 13.9. The Morgan fingerprint density at radius 2 is 1.87 bits per heavy atom. The van der Waals surface area contributed by atoms with E-state index >= 15 is 0 Å². The summed E-state index contributed by atoms with van der Waals surface area (Å²) in [5.74, 6) is -1.04. The van der Waals surface area contributed by atoms with Crippen LogP contribution in [0.2, 0.25) is 0 Å². The van der Waals surface area contributed by atoms with Crippen molar-refractivity contribution in [3.8, 4) is 0 Å². The number of halogens is 2. The van der Waals surface area contributed by atoms with E-state index in [4.69, 9.17) is 0 Å². The van der Waals surface area contributed by atoms with Gasteiger partial charge in [0.1, 0.15) is 17.7 Å². The number of nitrogens with zero attached hydrogens (tertiary/aromatic N) is 3. The van der Waals surface area contributed by atoms with Crippen molar-refractivity contribution in [3.63, 3.8) is 0 Å². The molecule has 0 radical (unpaired) electrons. The minimum absolute atomic E-state index is 0.203. The number of hydrogen-bond acceptors (Lipinski definition) is 6. The highest BCUT2D eigenvalue weighted by Gasteiger charge is 2.51. The van der Waals surface area contributed by atoms with E-state index in [9.17, 15) is 14.0 Å². The molecule has 0 saturated heterocycles. The van der Waals surface area contributed by atoms with E-state index < -0.39 is 5.54 Å². The number of hydrogen-bond donors (Lipinski definition) is 3. The number of anilines is 2. The molecule has 1 aliphatic rings. The lowest BCUT2D eigenvalue weighted by atomic mass is 10.2. The summed E-state index contributed by atoms with van der Waals surface area (Å²) in [5.41, 5.74) is 0.946. The van der Waals surface area contributed by atoms with Crippen LogP contribution in [-0.2, 0) is 11.3 Å². The van der Waals surface area contributed by atoms with Crippen molar-refractivity contribution in [3.05, 3.63) is 76.8 Å². The molecule has 2 amide bonds. The highest BCUT2D eigenvalue weighted by molar-refractivity contribution is 9.10. The molecule has 1 aliphatic carbocycles. The van der Waals surface area contributed by atoms with Gasteiger partial charge in [0, 0.05) is 16.9 Å². The summed E-state index contributed by atoms with van der Waals surface area (Å²) >= 11 is 3.31. The Labute approximate surface area is 185 Å². The van der Waals surface area contributed by atoms with Crippen LogP contribution in [0, 0.1) is 5.82 Å². The first-order chi connectivity index (χ1) is 15.0. The highest BCUT2D eigenvalue weighted by atomic mass is 79.9. The van der Waals surface area contributed by atoms with Crippen LogP contribution in [0.4, 0.5) is 15.8 Å². The number of pyridine rings is 1. The number of nitrogens with one attached hydrogen (secondary N) is 3. The maximum atomic E-state index is 13.9. The van der Waals surface area contributed by atoms with E-state index in [1.54, 1.807) is 30.5 Å². The lowest BCUT2D eigenvalue weighted by Gasteiger charge is -2.17. The summed E-state index contributed by atoms with van der Waals surface area (Å²) in [6.45, 7) is 0.203. The number of amides is 2. The number of aromatic nitrogens is 3. The molecule has 0 atom stereocenters. The predicted molar refractivity (Wildman–Crippen MR) is 115 cm³/mol. The van der Waals surface area contributed by atoms with Crippen LogP contribution < -0.4 is 16.0 Å². The van der Waals surface area contributed by atoms with Crippen molar-refractivity contribution < 1.29 is 14.0 Å². The number of benzene rings is 1. The van der Waals surface area contributed by atoms with Crippen molar-refractivity contribution in [2.45, 2.75) is 24.9 Å². The Morgan fingerprint density at radius 1 is 1.10 bits per heavy atom. The van der Waals surface area contributed by atoms with Gasteiger partial charge < -0.3 is 16.0 Å². The Balaban J connectivity index is 1.33. The van der Waals surface area contributed by atoms with Crippen molar-refractivity contribution >= 4 is 39.1 Å². The molecule has 2 heterocycles. The van der Waals surface area contributed by atoms with Crippen LogP contribution >= 0.6 is 15.9 Å². The molecule has 31 heavy (non-hydrogen) atoms. The average molecular weight is 485 g/mol. The molecule has 0 unspecified atom stereocenters. The number of rotatable bonds is 7. The van der Waals surface area contributed by atoms with E-state index in [0.717, 1.165) is 0 Å². The van der Waals surface area contributed by atoms with Gasteiger partial charge in [-0.15, -0.1) is 0 Å². The van der Waals surface area contributed by atoms with E-state index in [-0.39, 0.29) is 24.2 Å². The Bertz CT molecular complexity index is 1090. The third-order valence-electron chi connectivity index (χ3n) is 4.85. The quantitative estimate of drug-likeness (QED) is 0.475. The average Bonchev–Trinajstić information content (AvgIpc) is 3.57. The SMILES string of the molecule is O=C(NC1(C(=O)NCc2ccc(Nc3c(F)cccc3Br)cn2)CC1)c1cncnc1. The smallest absolute Gasteiger partial charge is 0.255 e. The fraction of sp³-hybridized carbons (Fsp3) is 0.190. The second-order valence-electron chi connectivity index (χ2n) is 7.11. The molecular formula is C21H18BrFN6O2. The molecule has 3 N–H and O–H groups in total. The number of para-hydroxylation sites is 1. The van der Waals surface area contributed by atoms with Gasteiger partial charge in [0.05, 0.1) is 35.4 Å². The molecule has 8 nitrogen and oxygen atoms in total. The van der Waals surface area contributed by atoms with Gasteiger partial charge in [0.2, 0.25) is 5.91 Å². The third-order valence-corrected chi connectivity index (χ3v) is 5.51. The van der Waals surface area contributed by atoms with Gasteiger partial charge in [-0.3, -0.25) is 14.6 Å². The van der Waals surface area contributed by atoms with E-state index in [1.807, 2.05) is 0 Å². The first-order valence-electron chi connectivity index (χ1n) is 9.49. The van der Waals surface area contributed by atoms with E-state index in [1.165, 1.54) is 24.8 Å². The van der Waals surface area contributed by atoms with Crippen LogP contribution in [-0.4, -0.2) is 32.3 Å². The van der Waals surface area contributed by atoms with Gasteiger partial charge in [-0.1, -0.05) is 6.07 Å². The fourth-order valence-electron chi connectivity index (χ4n) is 2.94. The molecular weight excluding hydrogens is 467 g/mol. The molecule has 0 bridgehead atoms. The summed E-state index contributed by atoms with van der Waals surface area (Å²) in [6, 6.07) is 8.19.